The normalized spacial score (nSPS) is 25.9. The molecular weight excluding hydrogens is 296 g/mol. The van der Waals surface area contributed by atoms with Gasteiger partial charge in [0.05, 0.1) is 6.10 Å². The molecule has 1 aliphatic carbocycles. The SMILES string of the molecule is OC1CCC(Cl)CC1C(O)(c1ccccc1)c1ccccc1. The Kier molecular flexibility index (Phi) is 4.53. The van der Waals surface area contributed by atoms with Crippen molar-refractivity contribution in [3.05, 3.63) is 71.8 Å². The first-order chi connectivity index (χ1) is 10.6. The number of rotatable bonds is 3. The molecular formula is C19H21ClO2. The first-order valence-electron chi connectivity index (χ1n) is 7.78. The maximum absolute atomic E-state index is 11.6. The first kappa shape index (κ1) is 15.5. The fraction of sp³-hybridized carbons (Fsp3) is 0.368. The third-order valence-electron chi connectivity index (χ3n) is 4.71. The molecule has 3 heteroatoms. The van der Waals surface area contributed by atoms with E-state index in [4.69, 9.17) is 11.6 Å². The van der Waals surface area contributed by atoms with Gasteiger partial charge >= 0.3 is 0 Å². The van der Waals surface area contributed by atoms with Gasteiger partial charge in [0, 0.05) is 11.3 Å². The van der Waals surface area contributed by atoms with E-state index in [0.29, 0.717) is 12.8 Å². The molecule has 0 amide bonds. The minimum Gasteiger partial charge on any atom is -0.393 e. The summed E-state index contributed by atoms with van der Waals surface area (Å²) in [7, 11) is 0. The molecule has 116 valence electrons. The van der Waals surface area contributed by atoms with Crippen molar-refractivity contribution in [3.63, 3.8) is 0 Å². The smallest absolute Gasteiger partial charge is 0.120 e. The van der Waals surface area contributed by atoms with Crippen LogP contribution in [-0.2, 0) is 5.60 Å². The second-order valence-corrected chi connectivity index (χ2v) is 6.70. The molecule has 22 heavy (non-hydrogen) atoms. The van der Waals surface area contributed by atoms with E-state index >= 15 is 0 Å². The molecule has 2 aromatic carbocycles. The van der Waals surface area contributed by atoms with E-state index in [9.17, 15) is 10.2 Å². The molecule has 0 spiro atoms. The molecule has 3 atom stereocenters. The molecule has 2 N–H and O–H groups in total. The van der Waals surface area contributed by atoms with E-state index < -0.39 is 11.7 Å². The number of halogens is 1. The fourth-order valence-electron chi connectivity index (χ4n) is 3.53. The van der Waals surface area contributed by atoms with Crippen molar-refractivity contribution in [2.75, 3.05) is 0 Å². The maximum atomic E-state index is 11.6. The summed E-state index contributed by atoms with van der Waals surface area (Å²) in [4.78, 5) is 0. The molecule has 2 aromatic rings. The first-order valence-corrected chi connectivity index (χ1v) is 8.21. The summed E-state index contributed by atoms with van der Waals surface area (Å²) in [5.74, 6) is -0.312. The van der Waals surface area contributed by atoms with Gasteiger partial charge in [-0.1, -0.05) is 60.7 Å². The lowest BCUT2D eigenvalue weighted by molar-refractivity contribution is -0.0658. The predicted molar refractivity (Wildman–Crippen MR) is 88.9 cm³/mol. The van der Waals surface area contributed by atoms with Gasteiger partial charge in [-0.15, -0.1) is 11.6 Å². The lowest BCUT2D eigenvalue weighted by Gasteiger charge is -2.43. The van der Waals surface area contributed by atoms with Crippen LogP contribution >= 0.6 is 11.6 Å². The van der Waals surface area contributed by atoms with Crippen LogP contribution in [0.25, 0.3) is 0 Å². The van der Waals surface area contributed by atoms with Crippen molar-refractivity contribution < 1.29 is 10.2 Å². The van der Waals surface area contributed by atoms with Crippen molar-refractivity contribution in [1.82, 2.24) is 0 Å². The van der Waals surface area contributed by atoms with Gasteiger partial charge in [-0.2, -0.15) is 0 Å². The predicted octanol–water partition coefficient (Wildman–Crippen LogP) is 3.69. The number of alkyl halides is 1. The van der Waals surface area contributed by atoms with Crippen LogP contribution in [0, 0.1) is 5.92 Å². The minimum atomic E-state index is -1.23. The number of hydrogen-bond acceptors (Lipinski definition) is 2. The summed E-state index contributed by atoms with van der Waals surface area (Å²) in [5, 5.41) is 22.2. The van der Waals surface area contributed by atoms with Crippen LogP contribution in [0.4, 0.5) is 0 Å². The molecule has 2 nitrogen and oxygen atoms in total. The third kappa shape index (κ3) is 2.79. The largest absolute Gasteiger partial charge is 0.393 e. The topological polar surface area (TPSA) is 40.5 Å². The zero-order valence-electron chi connectivity index (χ0n) is 12.4. The van der Waals surface area contributed by atoms with Crippen LogP contribution < -0.4 is 0 Å². The Morgan fingerprint density at radius 3 is 1.86 bits per heavy atom. The van der Waals surface area contributed by atoms with Crippen molar-refractivity contribution in [2.24, 2.45) is 5.92 Å². The van der Waals surface area contributed by atoms with Gasteiger partial charge in [0.1, 0.15) is 5.60 Å². The Bertz CT molecular complexity index is 560. The quantitative estimate of drug-likeness (QED) is 0.848. The van der Waals surface area contributed by atoms with Crippen molar-refractivity contribution >= 4 is 11.6 Å². The van der Waals surface area contributed by atoms with E-state index in [1.807, 2.05) is 60.7 Å². The van der Waals surface area contributed by atoms with Crippen LogP contribution in [0.15, 0.2) is 60.7 Å². The molecule has 1 fully saturated rings. The average molecular weight is 317 g/mol. The Labute approximate surface area is 136 Å². The third-order valence-corrected chi connectivity index (χ3v) is 5.11. The molecule has 0 heterocycles. The van der Waals surface area contributed by atoms with E-state index in [0.717, 1.165) is 17.5 Å². The Hall–Kier alpha value is -1.35. The standard InChI is InChI=1S/C19H21ClO2/c20-16-11-12-18(21)17(13-16)19(22,14-7-3-1-4-8-14)15-9-5-2-6-10-15/h1-10,16-18,21-22H,11-13H2. The highest BCUT2D eigenvalue weighted by Gasteiger charge is 2.46. The summed E-state index contributed by atoms with van der Waals surface area (Å²) in [6.45, 7) is 0. The van der Waals surface area contributed by atoms with Crippen LogP contribution in [0.2, 0.25) is 0 Å². The molecule has 1 aliphatic rings. The van der Waals surface area contributed by atoms with Crippen LogP contribution in [-0.4, -0.2) is 21.7 Å². The number of hydrogen-bond donors (Lipinski definition) is 2. The lowest BCUT2D eigenvalue weighted by atomic mass is 9.68. The van der Waals surface area contributed by atoms with E-state index in [1.165, 1.54) is 0 Å². The molecule has 0 aromatic heterocycles. The van der Waals surface area contributed by atoms with Crippen molar-refractivity contribution in [2.45, 2.75) is 36.3 Å². The zero-order chi connectivity index (χ0) is 15.6. The van der Waals surface area contributed by atoms with Crippen LogP contribution in [0.1, 0.15) is 30.4 Å². The number of benzene rings is 2. The highest BCUT2D eigenvalue weighted by molar-refractivity contribution is 6.20. The van der Waals surface area contributed by atoms with Crippen molar-refractivity contribution in [1.29, 1.82) is 0 Å². The molecule has 3 unspecified atom stereocenters. The van der Waals surface area contributed by atoms with Gasteiger partial charge in [-0.3, -0.25) is 0 Å². The molecule has 0 radical (unpaired) electrons. The van der Waals surface area contributed by atoms with Gasteiger partial charge < -0.3 is 10.2 Å². The Morgan fingerprint density at radius 1 is 0.864 bits per heavy atom. The minimum absolute atomic E-state index is 0.00708. The van der Waals surface area contributed by atoms with Crippen molar-refractivity contribution in [3.8, 4) is 0 Å². The molecule has 0 aliphatic heterocycles. The van der Waals surface area contributed by atoms with Crippen LogP contribution in [0.5, 0.6) is 0 Å². The van der Waals surface area contributed by atoms with Gasteiger partial charge in [0.25, 0.3) is 0 Å². The Balaban J connectivity index is 2.11. The van der Waals surface area contributed by atoms with Gasteiger partial charge in [-0.25, -0.2) is 0 Å². The van der Waals surface area contributed by atoms with E-state index in [2.05, 4.69) is 0 Å². The summed E-state index contributed by atoms with van der Waals surface area (Å²) < 4.78 is 0. The van der Waals surface area contributed by atoms with E-state index in [-0.39, 0.29) is 11.3 Å². The lowest BCUT2D eigenvalue weighted by Crippen LogP contribution is -2.46. The monoisotopic (exact) mass is 316 g/mol. The number of aliphatic hydroxyl groups excluding tert-OH is 1. The summed E-state index contributed by atoms with van der Waals surface area (Å²) >= 11 is 6.34. The zero-order valence-corrected chi connectivity index (χ0v) is 13.2. The molecule has 3 rings (SSSR count). The van der Waals surface area contributed by atoms with E-state index in [1.54, 1.807) is 0 Å². The fourth-order valence-corrected chi connectivity index (χ4v) is 3.85. The summed E-state index contributed by atoms with van der Waals surface area (Å²) in [5.41, 5.74) is 0.377. The second kappa shape index (κ2) is 6.41. The van der Waals surface area contributed by atoms with Gasteiger partial charge in [0.15, 0.2) is 0 Å². The van der Waals surface area contributed by atoms with Gasteiger partial charge in [-0.05, 0) is 30.4 Å². The molecule has 0 saturated heterocycles. The average Bonchev–Trinajstić information content (AvgIpc) is 2.58. The second-order valence-electron chi connectivity index (χ2n) is 6.08. The number of aliphatic hydroxyl groups is 2. The molecule has 0 bridgehead atoms. The maximum Gasteiger partial charge on any atom is 0.120 e. The molecule has 1 saturated carbocycles. The highest BCUT2D eigenvalue weighted by atomic mass is 35.5. The summed E-state index contributed by atoms with van der Waals surface area (Å²) in [6, 6.07) is 19.2. The van der Waals surface area contributed by atoms with Crippen LogP contribution in [0.3, 0.4) is 0 Å². The Morgan fingerprint density at radius 2 is 1.36 bits per heavy atom. The van der Waals surface area contributed by atoms with Gasteiger partial charge in [0.2, 0.25) is 0 Å². The highest BCUT2D eigenvalue weighted by Crippen LogP contribution is 2.45. The summed E-state index contributed by atoms with van der Waals surface area (Å²) in [6.07, 6.45) is 1.46.